The summed E-state index contributed by atoms with van der Waals surface area (Å²) in [7, 11) is 0. The molecule has 0 unspecified atom stereocenters. The molecule has 1 saturated heterocycles. The molecule has 1 aromatic heterocycles. The first-order valence-corrected chi connectivity index (χ1v) is 6.61. The predicted octanol–water partition coefficient (Wildman–Crippen LogP) is 1.16. The molecule has 1 aliphatic heterocycles. The molecule has 0 amide bonds. The lowest BCUT2D eigenvalue weighted by atomic mass is 9.91. The third-order valence-corrected chi connectivity index (χ3v) is 3.64. The van der Waals surface area contributed by atoms with Crippen molar-refractivity contribution >= 4 is 18.4 Å². The van der Waals surface area contributed by atoms with E-state index >= 15 is 0 Å². The highest BCUT2D eigenvalue weighted by atomic mass is 35.5. The average Bonchev–Trinajstić information content (AvgIpc) is 2.39. The molecule has 1 fully saturated rings. The minimum absolute atomic E-state index is 0. The summed E-state index contributed by atoms with van der Waals surface area (Å²) in [4.78, 5) is 28.1. The highest BCUT2D eigenvalue weighted by Gasteiger charge is 2.27. The van der Waals surface area contributed by atoms with E-state index in [9.17, 15) is 14.7 Å². The smallest absolute Gasteiger partial charge is 0.343 e. The van der Waals surface area contributed by atoms with E-state index in [0.29, 0.717) is 18.1 Å². The second kappa shape index (κ2) is 6.85. The molecular weight excluding hydrogens is 282 g/mol. The van der Waals surface area contributed by atoms with Crippen molar-refractivity contribution in [2.24, 2.45) is 0 Å². The molecule has 0 spiro atoms. The lowest BCUT2D eigenvalue weighted by molar-refractivity contribution is 0.0691. The number of aromatic carboxylic acids is 1. The number of hydrogen-bond donors (Lipinski definition) is 2. The maximum Gasteiger partial charge on any atom is 0.343 e. The Labute approximate surface area is 123 Å². The van der Waals surface area contributed by atoms with E-state index < -0.39 is 11.5 Å². The van der Waals surface area contributed by atoms with Crippen molar-refractivity contribution in [1.29, 1.82) is 0 Å². The number of hydrogen-bond acceptors (Lipinski definition) is 4. The van der Waals surface area contributed by atoms with Gasteiger partial charge in [-0.1, -0.05) is 0 Å². The topological polar surface area (TPSA) is 84.2 Å². The minimum Gasteiger partial charge on any atom is -0.477 e. The van der Waals surface area contributed by atoms with Crippen LogP contribution in [0.1, 0.15) is 47.6 Å². The van der Waals surface area contributed by atoms with Gasteiger partial charge in [-0.15, -0.1) is 12.4 Å². The van der Waals surface area contributed by atoms with Crippen LogP contribution in [0.4, 0.5) is 0 Å². The normalized spacial score (nSPS) is 15.7. The largest absolute Gasteiger partial charge is 0.477 e. The monoisotopic (exact) mass is 301 g/mol. The van der Waals surface area contributed by atoms with Gasteiger partial charge in [-0.05, 0) is 39.8 Å². The van der Waals surface area contributed by atoms with Crippen molar-refractivity contribution < 1.29 is 9.90 Å². The Bertz CT molecular complexity index is 551. The molecule has 2 N–H and O–H groups in total. The summed E-state index contributed by atoms with van der Waals surface area (Å²) in [6.45, 7) is 5.67. The Morgan fingerprint density at radius 3 is 2.55 bits per heavy atom. The molecule has 20 heavy (non-hydrogen) atoms. The second-order valence-corrected chi connectivity index (χ2v) is 4.80. The Hall–Kier alpha value is -1.40. The zero-order valence-corrected chi connectivity index (χ0v) is 12.5. The van der Waals surface area contributed by atoms with Crippen molar-refractivity contribution in [3.63, 3.8) is 0 Å². The Kier molecular flexibility index (Phi) is 5.71. The number of rotatable bonds is 3. The molecule has 112 valence electrons. The molecule has 0 aliphatic carbocycles. The van der Waals surface area contributed by atoms with Crippen molar-refractivity contribution in [2.45, 2.75) is 39.2 Å². The SMILES string of the molecule is CCn1c(C)nc(C2CCNCC2)c(C(=O)O)c1=O.Cl. The fourth-order valence-electron chi connectivity index (χ4n) is 2.65. The zero-order chi connectivity index (χ0) is 14.0. The Morgan fingerprint density at radius 1 is 1.45 bits per heavy atom. The number of nitrogens with one attached hydrogen (secondary N) is 1. The molecule has 0 bridgehead atoms. The van der Waals surface area contributed by atoms with E-state index in [-0.39, 0.29) is 23.9 Å². The molecule has 0 saturated carbocycles. The molecule has 2 rings (SSSR count). The highest BCUT2D eigenvalue weighted by molar-refractivity contribution is 5.88. The van der Waals surface area contributed by atoms with Crippen LogP contribution >= 0.6 is 12.4 Å². The number of carbonyl (C=O) groups is 1. The van der Waals surface area contributed by atoms with Crippen LogP contribution in [0, 0.1) is 6.92 Å². The standard InChI is InChI=1S/C13H19N3O3.ClH/c1-3-16-8(2)15-11(9-4-6-14-7-5-9)10(12(16)17)13(18)19;/h9,14H,3-7H2,1-2H3,(H,18,19);1H. The molecular formula is C13H20ClN3O3. The average molecular weight is 302 g/mol. The third-order valence-electron chi connectivity index (χ3n) is 3.64. The van der Waals surface area contributed by atoms with Crippen molar-refractivity contribution in [3.05, 3.63) is 27.4 Å². The molecule has 1 aliphatic rings. The van der Waals surface area contributed by atoms with Crippen LogP contribution in [0.25, 0.3) is 0 Å². The van der Waals surface area contributed by atoms with Crippen molar-refractivity contribution in [1.82, 2.24) is 14.9 Å². The number of carboxylic acids is 1. The van der Waals surface area contributed by atoms with Gasteiger partial charge in [-0.2, -0.15) is 0 Å². The molecule has 0 radical (unpaired) electrons. The summed E-state index contributed by atoms with van der Waals surface area (Å²) in [6.07, 6.45) is 1.64. The number of halogens is 1. The van der Waals surface area contributed by atoms with Crippen LogP contribution in [-0.4, -0.2) is 33.7 Å². The van der Waals surface area contributed by atoms with Gasteiger partial charge in [0, 0.05) is 12.5 Å². The van der Waals surface area contributed by atoms with Gasteiger partial charge in [-0.3, -0.25) is 9.36 Å². The quantitative estimate of drug-likeness (QED) is 0.875. The van der Waals surface area contributed by atoms with Gasteiger partial charge in [0.2, 0.25) is 0 Å². The van der Waals surface area contributed by atoms with E-state index in [4.69, 9.17) is 0 Å². The Balaban J connectivity index is 0.00000200. The third kappa shape index (κ3) is 3.02. The van der Waals surface area contributed by atoms with Crippen LogP contribution in [0.15, 0.2) is 4.79 Å². The van der Waals surface area contributed by atoms with Gasteiger partial charge in [0.25, 0.3) is 5.56 Å². The number of piperidine rings is 1. The summed E-state index contributed by atoms with van der Waals surface area (Å²) in [5.41, 5.74) is -0.128. The van der Waals surface area contributed by atoms with Crippen LogP contribution in [0.3, 0.4) is 0 Å². The first kappa shape index (κ1) is 16.7. The van der Waals surface area contributed by atoms with E-state index in [1.807, 2.05) is 6.92 Å². The van der Waals surface area contributed by atoms with Gasteiger partial charge in [0.1, 0.15) is 11.4 Å². The highest BCUT2D eigenvalue weighted by Crippen LogP contribution is 2.25. The fraction of sp³-hybridized carbons (Fsp3) is 0.615. The summed E-state index contributed by atoms with van der Waals surface area (Å²) in [5, 5.41) is 12.5. The summed E-state index contributed by atoms with van der Waals surface area (Å²) in [5.74, 6) is -0.524. The molecule has 1 aromatic rings. The first-order chi connectivity index (χ1) is 9.06. The number of aromatic nitrogens is 2. The van der Waals surface area contributed by atoms with Gasteiger partial charge >= 0.3 is 5.97 Å². The maximum atomic E-state index is 12.3. The lowest BCUT2D eigenvalue weighted by Gasteiger charge is -2.24. The minimum atomic E-state index is -1.17. The van der Waals surface area contributed by atoms with Crippen LogP contribution in [0.5, 0.6) is 0 Å². The van der Waals surface area contributed by atoms with Crippen molar-refractivity contribution in [3.8, 4) is 0 Å². The van der Waals surface area contributed by atoms with Gasteiger partial charge < -0.3 is 10.4 Å². The van der Waals surface area contributed by atoms with Crippen molar-refractivity contribution in [2.75, 3.05) is 13.1 Å². The number of aryl methyl sites for hydroxylation is 1. The number of carboxylic acid groups (broad SMARTS) is 1. The van der Waals surface area contributed by atoms with Crippen LogP contribution in [-0.2, 0) is 6.54 Å². The molecule has 0 atom stereocenters. The molecule has 6 nitrogen and oxygen atoms in total. The molecule has 0 aromatic carbocycles. The first-order valence-electron chi connectivity index (χ1n) is 6.61. The van der Waals surface area contributed by atoms with E-state index in [1.54, 1.807) is 6.92 Å². The maximum absolute atomic E-state index is 12.3. The van der Waals surface area contributed by atoms with Gasteiger partial charge in [0.15, 0.2) is 0 Å². The van der Waals surface area contributed by atoms with Crippen LogP contribution in [0.2, 0.25) is 0 Å². The zero-order valence-electron chi connectivity index (χ0n) is 11.7. The summed E-state index contributed by atoms with van der Waals surface area (Å²) >= 11 is 0. The molecule has 7 heteroatoms. The number of nitrogens with zero attached hydrogens (tertiary/aromatic N) is 2. The Morgan fingerprint density at radius 2 is 2.05 bits per heavy atom. The summed E-state index contributed by atoms with van der Waals surface area (Å²) < 4.78 is 1.41. The van der Waals surface area contributed by atoms with Gasteiger partial charge in [-0.25, -0.2) is 9.78 Å². The van der Waals surface area contributed by atoms with Gasteiger partial charge in [0.05, 0.1) is 5.69 Å². The summed E-state index contributed by atoms with van der Waals surface area (Å²) in [6, 6.07) is 0. The second-order valence-electron chi connectivity index (χ2n) is 4.80. The van der Waals surface area contributed by atoms with E-state index in [2.05, 4.69) is 10.3 Å². The molecule has 2 heterocycles. The van der Waals surface area contributed by atoms with Crippen LogP contribution < -0.4 is 10.9 Å². The predicted molar refractivity (Wildman–Crippen MR) is 78.0 cm³/mol. The van der Waals surface area contributed by atoms with E-state index in [0.717, 1.165) is 25.9 Å². The fourth-order valence-corrected chi connectivity index (χ4v) is 2.65. The lowest BCUT2D eigenvalue weighted by Crippen LogP contribution is -2.34. The van der Waals surface area contributed by atoms with E-state index in [1.165, 1.54) is 4.57 Å².